The molecule has 0 bridgehead atoms. The van der Waals surface area contributed by atoms with Crippen LogP contribution in [0.3, 0.4) is 0 Å². The van der Waals surface area contributed by atoms with Gasteiger partial charge in [0.1, 0.15) is 5.69 Å². The summed E-state index contributed by atoms with van der Waals surface area (Å²) in [6.07, 6.45) is 0.390. The maximum absolute atomic E-state index is 12.7. The number of imidazole rings is 1. The monoisotopic (exact) mass is 334 g/mol. The maximum Gasteiger partial charge on any atom is 0.416 e. The third kappa shape index (κ3) is 3.22. The van der Waals surface area contributed by atoms with Crippen molar-refractivity contribution in [1.82, 2.24) is 19.3 Å². The molecule has 0 spiro atoms. The van der Waals surface area contributed by atoms with Crippen molar-refractivity contribution in [3.05, 3.63) is 65.7 Å². The number of benzene rings is 1. The third-order valence-corrected chi connectivity index (χ3v) is 3.48. The first-order valence-corrected chi connectivity index (χ1v) is 7.06. The first-order chi connectivity index (χ1) is 11.3. The quantitative estimate of drug-likeness (QED) is 0.740. The van der Waals surface area contributed by atoms with Crippen LogP contribution in [0.4, 0.5) is 13.2 Å². The topological polar surface area (TPSA) is 50.5 Å². The summed E-state index contributed by atoms with van der Waals surface area (Å²) in [6.45, 7) is 0.0457. The van der Waals surface area contributed by atoms with Crippen LogP contribution in [-0.4, -0.2) is 32.2 Å². The number of amides is 1. The van der Waals surface area contributed by atoms with Crippen LogP contribution >= 0.6 is 0 Å². The highest BCUT2D eigenvalue weighted by molar-refractivity contribution is 5.92. The van der Waals surface area contributed by atoms with Gasteiger partial charge in [-0.1, -0.05) is 12.1 Å². The van der Waals surface area contributed by atoms with Crippen molar-refractivity contribution >= 4 is 11.7 Å². The first-order valence-electron chi connectivity index (χ1n) is 7.06. The molecule has 3 rings (SSSR count). The lowest BCUT2D eigenvalue weighted by Crippen LogP contribution is -2.26. The number of carbonyl (C=O) groups is 1. The van der Waals surface area contributed by atoms with E-state index in [9.17, 15) is 18.0 Å². The van der Waals surface area contributed by atoms with Gasteiger partial charge in [-0.2, -0.15) is 13.2 Å². The van der Waals surface area contributed by atoms with E-state index in [0.29, 0.717) is 11.3 Å². The largest absolute Gasteiger partial charge is 0.416 e. The SMILES string of the molecule is CN(Cc1cccc(C(F)(F)F)c1)C(=O)c1cn2cccnc2n1. The first kappa shape index (κ1) is 16.0. The molecule has 8 heteroatoms. The summed E-state index contributed by atoms with van der Waals surface area (Å²) < 4.78 is 39.8. The fourth-order valence-electron chi connectivity index (χ4n) is 2.32. The van der Waals surface area contributed by atoms with Gasteiger partial charge in [-0.05, 0) is 23.8 Å². The molecule has 1 amide bonds. The van der Waals surface area contributed by atoms with E-state index in [-0.39, 0.29) is 12.2 Å². The maximum atomic E-state index is 12.7. The lowest BCUT2D eigenvalue weighted by atomic mass is 10.1. The predicted molar refractivity (Wildman–Crippen MR) is 80.2 cm³/mol. The Morgan fingerprint density at radius 3 is 2.79 bits per heavy atom. The Hall–Kier alpha value is -2.90. The summed E-state index contributed by atoms with van der Waals surface area (Å²) in [4.78, 5) is 21.9. The summed E-state index contributed by atoms with van der Waals surface area (Å²) in [5, 5.41) is 0. The summed E-state index contributed by atoms with van der Waals surface area (Å²) in [5.74, 6) is -0.00812. The van der Waals surface area contributed by atoms with Crippen LogP contribution in [0.2, 0.25) is 0 Å². The molecule has 1 aromatic carbocycles. The average molecular weight is 334 g/mol. The van der Waals surface area contributed by atoms with Gasteiger partial charge in [0.15, 0.2) is 0 Å². The number of fused-ring (bicyclic) bond motifs is 1. The van der Waals surface area contributed by atoms with Gasteiger partial charge in [-0.15, -0.1) is 0 Å². The molecule has 0 saturated heterocycles. The molecule has 3 aromatic rings. The molecule has 2 heterocycles. The highest BCUT2D eigenvalue weighted by Gasteiger charge is 2.30. The van der Waals surface area contributed by atoms with Crippen molar-refractivity contribution in [3.8, 4) is 0 Å². The van der Waals surface area contributed by atoms with Crippen molar-refractivity contribution in [2.24, 2.45) is 0 Å². The average Bonchev–Trinajstić information content (AvgIpc) is 2.97. The molecule has 124 valence electrons. The standard InChI is InChI=1S/C16H13F3N4O/c1-22(9-11-4-2-5-12(8-11)16(17,18)19)14(24)13-10-23-7-3-6-20-15(23)21-13/h2-8,10H,9H2,1H3. The van der Waals surface area contributed by atoms with Gasteiger partial charge in [0, 0.05) is 32.2 Å². The fourth-order valence-corrected chi connectivity index (χ4v) is 2.32. The highest BCUT2D eigenvalue weighted by atomic mass is 19.4. The van der Waals surface area contributed by atoms with Crippen LogP contribution in [0.15, 0.2) is 48.9 Å². The van der Waals surface area contributed by atoms with E-state index in [1.165, 1.54) is 24.2 Å². The second-order valence-corrected chi connectivity index (χ2v) is 5.31. The van der Waals surface area contributed by atoms with E-state index in [1.807, 2.05) is 0 Å². The summed E-state index contributed by atoms with van der Waals surface area (Å²) in [7, 11) is 1.51. The normalized spacial score (nSPS) is 11.7. The number of rotatable bonds is 3. The van der Waals surface area contributed by atoms with E-state index in [1.54, 1.807) is 28.9 Å². The summed E-state index contributed by atoms with van der Waals surface area (Å²) in [6, 6.07) is 6.61. The Kier molecular flexibility index (Phi) is 3.96. The summed E-state index contributed by atoms with van der Waals surface area (Å²) in [5.41, 5.74) is -0.163. The van der Waals surface area contributed by atoms with Gasteiger partial charge in [0.05, 0.1) is 5.56 Å². The molecule has 5 nitrogen and oxygen atoms in total. The van der Waals surface area contributed by atoms with Gasteiger partial charge in [-0.3, -0.25) is 9.20 Å². The second-order valence-electron chi connectivity index (χ2n) is 5.31. The van der Waals surface area contributed by atoms with Crippen LogP contribution in [0.5, 0.6) is 0 Å². The van der Waals surface area contributed by atoms with Gasteiger partial charge in [0.2, 0.25) is 5.78 Å². The summed E-state index contributed by atoms with van der Waals surface area (Å²) >= 11 is 0. The van der Waals surface area contributed by atoms with E-state index in [4.69, 9.17) is 0 Å². The van der Waals surface area contributed by atoms with Crippen LogP contribution in [-0.2, 0) is 12.7 Å². The molecule has 0 aliphatic carbocycles. The van der Waals surface area contributed by atoms with E-state index in [2.05, 4.69) is 9.97 Å². The number of halogens is 3. The molecule has 0 radical (unpaired) electrons. The minimum Gasteiger partial charge on any atom is -0.336 e. The number of aromatic nitrogens is 3. The smallest absolute Gasteiger partial charge is 0.336 e. The minimum atomic E-state index is -4.41. The number of hydrogen-bond acceptors (Lipinski definition) is 3. The molecular formula is C16H13F3N4O. The zero-order valence-corrected chi connectivity index (χ0v) is 12.7. The van der Waals surface area contributed by atoms with Crippen molar-refractivity contribution in [3.63, 3.8) is 0 Å². The Balaban J connectivity index is 1.79. The van der Waals surface area contributed by atoms with E-state index < -0.39 is 17.6 Å². The van der Waals surface area contributed by atoms with Crippen LogP contribution in [0, 0.1) is 0 Å². The number of carbonyl (C=O) groups excluding carboxylic acids is 1. The van der Waals surface area contributed by atoms with Gasteiger partial charge in [-0.25, -0.2) is 9.97 Å². The lowest BCUT2D eigenvalue weighted by molar-refractivity contribution is -0.137. The number of hydrogen-bond donors (Lipinski definition) is 0. The molecule has 0 aliphatic rings. The number of nitrogens with zero attached hydrogens (tertiary/aromatic N) is 4. The molecule has 0 saturated carbocycles. The van der Waals surface area contributed by atoms with Crippen LogP contribution < -0.4 is 0 Å². The van der Waals surface area contributed by atoms with Crippen molar-refractivity contribution in [2.75, 3.05) is 7.05 Å². The Bertz CT molecular complexity index is 855. The fraction of sp³-hybridized carbons (Fsp3) is 0.188. The van der Waals surface area contributed by atoms with E-state index >= 15 is 0 Å². The third-order valence-electron chi connectivity index (χ3n) is 3.48. The molecule has 0 fully saturated rings. The molecule has 24 heavy (non-hydrogen) atoms. The molecule has 0 unspecified atom stereocenters. The van der Waals surface area contributed by atoms with E-state index in [0.717, 1.165) is 12.1 Å². The second kappa shape index (κ2) is 5.95. The Labute approximate surface area is 135 Å². The Morgan fingerprint density at radius 2 is 2.08 bits per heavy atom. The van der Waals surface area contributed by atoms with Gasteiger partial charge in [0.25, 0.3) is 5.91 Å². The molecule has 2 aromatic heterocycles. The van der Waals surface area contributed by atoms with Gasteiger partial charge >= 0.3 is 6.18 Å². The van der Waals surface area contributed by atoms with Crippen molar-refractivity contribution in [1.29, 1.82) is 0 Å². The Morgan fingerprint density at radius 1 is 1.29 bits per heavy atom. The lowest BCUT2D eigenvalue weighted by Gasteiger charge is -2.17. The molecule has 0 atom stereocenters. The molecular weight excluding hydrogens is 321 g/mol. The predicted octanol–water partition coefficient (Wildman–Crippen LogP) is 3.02. The molecule has 0 N–H and O–H groups in total. The van der Waals surface area contributed by atoms with Gasteiger partial charge < -0.3 is 4.90 Å². The van der Waals surface area contributed by atoms with Crippen LogP contribution in [0.25, 0.3) is 5.78 Å². The van der Waals surface area contributed by atoms with Crippen molar-refractivity contribution < 1.29 is 18.0 Å². The van der Waals surface area contributed by atoms with Crippen molar-refractivity contribution in [2.45, 2.75) is 12.7 Å². The zero-order chi connectivity index (χ0) is 17.3. The number of alkyl halides is 3. The molecule has 0 aliphatic heterocycles. The minimum absolute atomic E-state index is 0.0457. The zero-order valence-electron chi connectivity index (χ0n) is 12.7. The van der Waals surface area contributed by atoms with Crippen LogP contribution in [0.1, 0.15) is 21.6 Å². The highest BCUT2D eigenvalue weighted by Crippen LogP contribution is 2.29.